The van der Waals surface area contributed by atoms with Gasteiger partial charge in [0, 0.05) is 23.8 Å². The van der Waals surface area contributed by atoms with E-state index in [0.717, 1.165) is 46.7 Å². The summed E-state index contributed by atoms with van der Waals surface area (Å²) in [6.07, 6.45) is 5.50. The van der Waals surface area contributed by atoms with E-state index in [1.54, 1.807) is 36.4 Å². The summed E-state index contributed by atoms with van der Waals surface area (Å²) in [7, 11) is 1.68. The third-order valence-electron chi connectivity index (χ3n) is 4.10. The number of rotatable bonds is 5. The molecule has 1 aliphatic heterocycles. The zero-order valence-electron chi connectivity index (χ0n) is 13.5. The fourth-order valence-electron chi connectivity index (χ4n) is 2.87. The molecular weight excluding hydrogens is 342 g/mol. The van der Waals surface area contributed by atoms with Gasteiger partial charge < -0.3 is 14.6 Å². The molecule has 1 fully saturated rings. The topological polar surface area (TPSA) is 66.9 Å². The van der Waals surface area contributed by atoms with Crippen LogP contribution in [-0.2, 0) is 5.75 Å². The number of fused-ring (bicyclic) bond motifs is 1. The number of H-pyrrole nitrogens is 1. The maximum Gasteiger partial charge on any atom is 0.179 e. The Balaban J connectivity index is 1.51. The molecule has 3 aromatic rings. The normalized spacial score (nSPS) is 15.1. The van der Waals surface area contributed by atoms with Gasteiger partial charge in [0.25, 0.3) is 0 Å². The number of aromatic nitrogens is 4. The first-order valence-electron chi connectivity index (χ1n) is 8.03. The Labute approximate surface area is 148 Å². The van der Waals surface area contributed by atoms with E-state index in [1.807, 2.05) is 5.38 Å². The van der Waals surface area contributed by atoms with Crippen LogP contribution in [0.4, 0.5) is 5.82 Å². The number of thioether (sulfide) groups is 1. The molecule has 1 saturated heterocycles. The lowest BCUT2D eigenvalue weighted by Gasteiger charge is -2.28. The molecule has 0 atom stereocenters. The van der Waals surface area contributed by atoms with E-state index in [4.69, 9.17) is 9.72 Å². The van der Waals surface area contributed by atoms with Gasteiger partial charge in [-0.15, -0.1) is 11.3 Å². The molecule has 0 radical (unpaired) electrons. The maximum absolute atomic E-state index is 5.45. The quantitative estimate of drug-likeness (QED) is 0.699. The summed E-state index contributed by atoms with van der Waals surface area (Å²) in [5.74, 6) is 3.16. The molecule has 0 unspecified atom stereocenters. The summed E-state index contributed by atoms with van der Waals surface area (Å²) in [6.45, 7) is 2.07. The van der Waals surface area contributed by atoms with E-state index >= 15 is 0 Å². The largest absolute Gasteiger partial charge is 0.491 e. The van der Waals surface area contributed by atoms with E-state index in [0.29, 0.717) is 5.75 Å². The second kappa shape index (κ2) is 6.98. The number of anilines is 1. The maximum atomic E-state index is 5.45. The van der Waals surface area contributed by atoms with Crippen LogP contribution in [0, 0.1) is 0 Å². The molecule has 3 aromatic heterocycles. The van der Waals surface area contributed by atoms with E-state index in [2.05, 4.69) is 25.2 Å². The van der Waals surface area contributed by atoms with Crippen LogP contribution in [0.25, 0.3) is 11.0 Å². The van der Waals surface area contributed by atoms with Crippen molar-refractivity contribution in [2.75, 3.05) is 25.1 Å². The summed E-state index contributed by atoms with van der Waals surface area (Å²) >= 11 is 3.28. The van der Waals surface area contributed by atoms with Gasteiger partial charge in [-0.1, -0.05) is 11.8 Å². The minimum Gasteiger partial charge on any atom is -0.491 e. The molecule has 0 aromatic carbocycles. The molecule has 1 aliphatic rings. The smallest absolute Gasteiger partial charge is 0.179 e. The van der Waals surface area contributed by atoms with Crippen LogP contribution in [-0.4, -0.2) is 40.1 Å². The van der Waals surface area contributed by atoms with Crippen molar-refractivity contribution in [2.45, 2.75) is 30.2 Å². The number of piperidine rings is 1. The van der Waals surface area contributed by atoms with Crippen LogP contribution in [0.3, 0.4) is 0 Å². The van der Waals surface area contributed by atoms with Crippen LogP contribution in [0.5, 0.6) is 5.75 Å². The van der Waals surface area contributed by atoms with Crippen molar-refractivity contribution in [1.29, 1.82) is 0 Å². The van der Waals surface area contributed by atoms with E-state index in [1.165, 1.54) is 19.3 Å². The number of methoxy groups -OCH3 is 1. The van der Waals surface area contributed by atoms with E-state index in [-0.39, 0.29) is 0 Å². The van der Waals surface area contributed by atoms with Gasteiger partial charge in [-0.2, -0.15) is 0 Å². The summed E-state index contributed by atoms with van der Waals surface area (Å²) in [4.78, 5) is 19.4. The first kappa shape index (κ1) is 15.7. The lowest BCUT2D eigenvalue weighted by atomic mass is 10.1. The first-order chi connectivity index (χ1) is 11.8. The van der Waals surface area contributed by atoms with Gasteiger partial charge in [0.1, 0.15) is 11.3 Å². The van der Waals surface area contributed by atoms with Crippen LogP contribution < -0.4 is 9.64 Å². The van der Waals surface area contributed by atoms with Gasteiger partial charge in [-0.25, -0.2) is 15.0 Å². The molecule has 0 bridgehead atoms. The highest BCUT2D eigenvalue weighted by Crippen LogP contribution is 2.29. The number of hydrogen-bond acceptors (Lipinski definition) is 7. The summed E-state index contributed by atoms with van der Waals surface area (Å²) in [6, 6.07) is 0. The predicted molar refractivity (Wildman–Crippen MR) is 98.2 cm³/mol. The first-order valence-corrected chi connectivity index (χ1v) is 9.96. The third-order valence-corrected chi connectivity index (χ3v) is 5.71. The molecule has 126 valence electrons. The average Bonchev–Trinajstić information content (AvgIpc) is 3.22. The van der Waals surface area contributed by atoms with Crippen molar-refractivity contribution in [2.24, 2.45) is 0 Å². The molecule has 0 spiro atoms. The van der Waals surface area contributed by atoms with Crippen LogP contribution in [0.2, 0.25) is 0 Å². The highest BCUT2D eigenvalue weighted by Gasteiger charge is 2.18. The Kier molecular flexibility index (Phi) is 4.57. The highest BCUT2D eigenvalue weighted by atomic mass is 32.2. The fourth-order valence-corrected chi connectivity index (χ4v) is 4.31. The average molecular weight is 361 g/mol. The van der Waals surface area contributed by atoms with Gasteiger partial charge in [0.2, 0.25) is 0 Å². The molecule has 0 amide bonds. The fraction of sp³-hybridized carbons (Fsp3) is 0.438. The molecule has 0 saturated carbocycles. The Morgan fingerprint density at radius 1 is 1.25 bits per heavy atom. The van der Waals surface area contributed by atoms with E-state index in [9.17, 15) is 0 Å². The zero-order valence-corrected chi connectivity index (χ0v) is 15.1. The summed E-state index contributed by atoms with van der Waals surface area (Å²) in [5, 5.41) is 5.03. The third kappa shape index (κ3) is 3.21. The molecule has 1 N–H and O–H groups in total. The Morgan fingerprint density at radius 2 is 2.12 bits per heavy atom. The van der Waals surface area contributed by atoms with Crippen LogP contribution in [0.15, 0.2) is 22.1 Å². The van der Waals surface area contributed by atoms with Crippen molar-refractivity contribution in [1.82, 2.24) is 19.9 Å². The van der Waals surface area contributed by atoms with Crippen molar-refractivity contribution >= 4 is 39.9 Å². The minimum absolute atomic E-state index is 0.685. The molecule has 8 heteroatoms. The van der Waals surface area contributed by atoms with Crippen LogP contribution >= 0.6 is 23.1 Å². The van der Waals surface area contributed by atoms with Crippen molar-refractivity contribution in [3.05, 3.63) is 22.8 Å². The molecule has 0 aliphatic carbocycles. The molecular formula is C16H19N5OS2. The van der Waals surface area contributed by atoms with Crippen molar-refractivity contribution in [3.63, 3.8) is 0 Å². The van der Waals surface area contributed by atoms with Gasteiger partial charge in [-0.3, -0.25) is 0 Å². The number of hydrogen-bond donors (Lipinski definition) is 1. The van der Waals surface area contributed by atoms with Gasteiger partial charge in [-0.05, 0) is 19.3 Å². The monoisotopic (exact) mass is 361 g/mol. The Bertz CT molecular complexity index is 796. The second-order valence-electron chi connectivity index (χ2n) is 5.73. The number of aromatic amines is 1. The predicted octanol–water partition coefficient (Wildman–Crippen LogP) is 3.71. The zero-order chi connectivity index (χ0) is 16.4. The van der Waals surface area contributed by atoms with Gasteiger partial charge >= 0.3 is 0 Å². The lowest BCUT2D eigenvalue weighted by molar-refractivity contribution is 0.407. The standard InChI is InChI=1S/C16H19N5OS2/c1-22-13-7-17-14(20-15(13)21-5-3-2-4-6-21)10-24-16-18-11-8-23-9-12(11)19-16/h7-9H,2-6,10H2,1H3,(H,18,19). The minimum atomic E-state index is 0.685. The SMILES string of the molecule is COc1cnc(CSc2nc3cscc3[nH]2)nc1N1CCCCC1. The van der Waals surface area contributed by atoms with Crippen molar-refractivity contribution < 1.29 is 4.74 Å². The number of thiophene rings is 1. The number of imidazole rings is 1. The number of nitrogens with zero attached hydrogens (tertiary/aromatic N) is 4. The Hall–Kier alpha value is -1.80. The van der Waals surface area contributed by atoms with Gasteiger partial charge in [0.15, 0.2) is 16.7 Å². The Morgan fingerprint density at radius 3 is 2.92 bits per heavy atom. The number of nitrogens with one attached hydrogen (secondary N) is 1. The molecule has 6 nitrogen and oxygen atoms in total. The molecule has 4 rings (SSSR count). The van der Waals surface area contributed by atoms with Gasteiger partial charge in [0.05, 0.1) is 24.6 Å². The molecule has 4 heterocycles. The van der Waals surface area contributed by atoms with Crippen molar-refractivity contribution in [3.8, 4) is 5.75 Å². The van der Waals surface area contributed by atoms with E-state index < -0.39 is 0 Å². The number of ether oxygens (including phenoxy) is 1. The second-order valence-corrected chi connectivity index (χ2v) is 7.43. The summed E-state index contributed by atoms with van der Waals surface area (Å²) in [5.41, 5.74) is 2.11. The highest BCUT2D eigenvalue weighted by molar-refractivity contribution is 7.98. The van der Waals surface area contributed by atoms with Crippen LogP contribution in [0.1, 0.15) is 25.1 Å². The lowest BCUT2D eigenvalue weighted by Crippen LogP contribution is -2.30. The molecule has 24 heavy (non-hydrogen) atoms. The summed E-state index contributed by atoms with van der Waals surface area (Å²) < 4.78 is 5.45.